The molecule has 7 nitrogen and oxygen atoms in total. The van der Waals surface area contributed by atoms with Crippen LogP contribution in [0.3, 0.4) is 0 Å². The van der Waals surface area contributed by atoms with Crippen molar-refractivity contribution in [3.05, 3.63) is 35.0 Å². The first-order valence-electron chi connectivity index (χ1n) is 8.17. The molecule has 7 heteroatoms. The van der Waals surface area contributed by atoms with E-state index in [1.54, 1.807) is 32.2 Å². The summed E-state index contributed by atoms with van der Waals surface area (Å²) < 4.78 is 16.1. The molecule has 1 N–H and O–H groups in total. The van der Waals surface area contributed by atoms with Gasteiger partial charge >= 0.3 is 12.0 Å². The number of nitrogens with one attached hydrogen (secondary N) is 1. The fourth-order valence-electron chi connectivity index (χ4n) is 2.71. The number of rotatable bonds is 6. The van der Waals surface area contributed by atoms with Gasteiger partial charge in [-0.15, -0.1) is 0 Å². The second kappa shape index (κ2) is 7.92. The molecule has 1 aromatic rings. The highest BCUT2D eigenvalue weighted by atomic mass is 16.5. The second-order valence-corrected chi connectivity index (χ2v) is 5.50. The third kappa shape index (κ3) is 3.70. The predicted octanol–water partition coefficient (Wildman–Crippen LogP) is 2.63. The van der Waals surface area contributed by atoms with Gasteiger partial charge in [-0.05, 0) is 38.5 Å². The molecule has 1 aliphatic heterocycles. The minimum atomic E-state index is -0.619. The van der Waals surface area contributed by atoms with Crippen molar-refractivity contribution in [2.24, 2.45) is 0 Å². The van der Waals surface area contributed by atoms with Crippen LogP contribution in [0.1, 0.15) is 32.4 Å². The molecule has 0 unspecified atom stereocenters. The third-order valence-electron chi connectivity index (χ3n) is 4.06. The quantitative estimate of drug-likeness (QED) is 0.800. The molecule has 1 atom stereocenters. The topological polar surface area (TPSA) is 77.1 Å². The molecule has 0 saturated carbocycles. The van der Waals surface area contributed by atoms with Crippen molar-refractivity contribution in [1.82, 2.24) is 10.2 Å². The van der Waals surface area contributed by atoms with Crippen LogP contribution >= 0.6 is 0 Å². The summed E-state index contributed by atoms with van der Waals surface area (Å²) in [7, 11) is 2.92. The van der Waals surface area contributed by atoms with E-state index in [9.17, 15) is 9.59 Å². The van der Waals surface area contributed by atoms with Crippen LogP contribution in [0.5, 0.6) is 11.5 Å². The van der Waals surface area contributed by atoms with Crippen LogP contribution in [0.4, 0.5) is 4.79 Å². The van der Waals surface area contributed by atoms with Crippen LogP contribution in [0.25, 0.3) is 0 Å². The molecular weight excluding hydrogens is 324 g/mol. The summed E-state index contributed by atoms with van der Waals surface area (Å²) in [5, 5.41) is 2.83. The Hall–Kier alpha value is -2.70. The van der Waals surface area contributed by atoms with Crippen molar-refractivity contribution < 1.29 is 23.8 Å². The SMILES string of the molecule is CCOc1ccc([C@H]2NC(=O)N(C)C(C)=C2C(=O)OC)cc1OCC. The Morgan fingerprint density at radius 3 is 2.44 bits per heavy atom. The lowest BCUT2D eigenvalue weighted by Gasteiger charge is -2.33. The first kappa shape index (κ1) is 18.6. The number of ether oxygens (including phenoxy) is 3. The largest absolute Gasteiger partial charge is 0.490 e. The number of allylic oxidation sites excluding steroid dienone is 1. The minimum Gasteiger partial charge on any atom is -0.490 e. The first-order chi connectivity index (χ1) is 11.9. The molecule has 0 saturated heterocycles. The molecule has 1 aliphatic rings. The summed E-state index contributed by atoms with van der Waals surface area (Å²) in [6.07, 6.45) is 0. The Morgan fingerprint density at radius 1 is 1.20 bits per heavy atom. The zero-order chi connectivity index (χ0) is 18.6. The number of benzene rings is 1. The van der Waals surface area contributed by atoms with Crippen LogP contribution < -0.4 is 14.8 Å². The van der Waals surface area contributed by atoms with Crippen LogP contribution in [0.15, 0.2) is 29.5 Å². The van der Waals surface area contributed by atoms with E-state index >= 15 is 0 Å². The molecular formula is C18H24N2O5. The normalized spacial score (nSPS) is 17.2. The number of methoxy groups -OCH3 is 1. The summed E-state index contributed by atoms with van der Waals surface area (Å²) in [6, 6.07) is 4.45. The monoisotopic (exact) mass is 348 g/mol. The lowest BCUT2D eigenvalue weighted by molar-refractivity contribution is -0.136. The van der Waals surface area contributed by atoms with E-state index in [2.05, 4.69) is 5.32 Å². The van der Waals surface area contributed by atoms with E-state index in [0.29, 0.717) is 41.5 Å². The number of urea groups is 1. The van der Waals surface area contributed by atoms with E-state index < -0.39 is 12.0 Å². The maximum absolute atomic E-state index is 12.3. The van der Waals surface area contributed by atoms with Crippen LogP contribution in [-0.4, -0.2) is 44.3 Å². The highest BCUT2D eigenvalue weighted by Gasteiger charge is 2.35. The van der Waals surface area contributed by atoms with E-state index in [-0.39, 0.29) is 6.03 Å². The number of carbonyl (C=O) groups excluding carboxylic acids is 2. The van der Waals surface area contributed by atoms with Crippen molar-refractivity contribution in [3.63, 3.8) is 0 Å². The molecule has 0 bridgehead atoms. The molecule has 2 rings (SSSR count). The van der Waals surface area contributed by atoms with Gasteiger partial charge in [-0.25, -0.2) is 9.59 Å². The van der Waals surface area contributed by atoms with Crippen molar-refractivity contribution in [2.75, 3.05) is 27.4 Å². The van der Waals surface area contributed by atoms with E-state index in [4.69, 9.17) is 14.2 Å². The van der Waals surface area contributed by atoms with E-state index in [0.717, 1.165) is 0 Å². The summed E-state index contributed by atoms with van der Waals surface area (Å²) in [5.41, 5.74) is 1.65. The van der Waals surface area contributed by atoms with Gasteiger partial charge in [0.25, 0.3) is 0 Å². The summed E-state index contributed by atoms with van der Waals surface area (Å²) in [6.45, 7) is 6.47. The second-order valence-electron chi connectivity index (χ2n) is 5.50. The molecule has 0 spiro atoms. The zero-order valence-electron chi connectivity index (χ0n) is 15.2. The maximum atomic E-state index is 12.3. The first-order valence-corrected chi connectivity index (χ1v) is 8.17. The Bertz CT molecular complexity index is 699. The molecule has 0 aliphatic carbocycles. The number of nitrogens with zero attached hydrogens (tertiary/aromatic N) is 1. The van der Waals surface area contributed by atoms with Gasteiger partial charge < -0.3 is 24.4 Å². The summed E-state index contributed by atoms with van der Waals surface area (Å²) in [5.74, 6) is 0.700. The van der Waals surface area contributed by atoms with Crippen molar-refractivity contribution in [1.29, 1.82) is 0 Å². The number of hydrogen-bond acceptors (Lipinski definition) is 5. The standard InChI is InChI=1S/C18H24N2O5/c1-6-24-13-9-8-12(10-14(13)25-7-2)16-15(17(21)23-5)11(3)20(4)18(22)19-16/h8-10,16H,6-7H2,1-5H3,(H,19,22)/t16-/m1/s1. The number of esters is 1. The van der Waals surface area contributed by atoms with Crippen molar-refractivity contribution >= 4 is 12.0 Å². The lowest BCUT2D eigenvalue weighted by atomic mass is 9.94. The Labute approximate surface area is 147 Å². The minimum absolute atomic E-state index is 0.290. The summed E-state index contributed by atoms with van der Waals surface area (Å²) >= 11 is 0. The Morgan fingerprint density at radius 2 is 1.84 bits per heavy atom. The smallest absolute Gasteiger partial charge is 0.337 e. The highest BCUT2D eigenvalue weighted by Crippen LogP contribution is 2.36. The fraction of sp³-hybridized carbons (Fsp3) is 0.444. The lowest BCUT2D eigenvalue weighted by Crippen LogP contribution is -2.46. The molecule has 136 valence electrons. The van der Waals surface area contributed by atoms with Crippen LogP contribution in [0, 0.1) is 0 Å². The van der Waals surface area contributed by atoms with Gasteiger partial charge in [0, 0.05) is 12.7 Å². The average molecular weight is 348 g/mol. The zero-order valence-corrected chi connectivity index (χ0v) is 15.2. The fourth-order valence-corrected chi connectivity index (χ4v) is 2.71. The molecule has 1 heterocycles. The van der Waals surface area contributed by atoms with Gasteiger partial charge in [-0.1, -0.05) is 6.07 Å². The molecule has 2 amide bonds. The average Bonchev–Trinajstić information content (AvgIpc) is 2.60. The van der Waals surface area contributed by atoms with Gasteiger partial charge in [0.2, 0.25) is 0 Å². The van der Waals surface area contributed by atoms with E-state index in [1.165, 1.54) is 12.0 Å². The number of amides is 2. The Kier molecular flexibility index (Phi) is 5.90. The highest BCUT2D eigenvalue weighted by molar-refractivity contribution is 5.94. The third-order valence-corrected chi connectivity index (χ3v) is 4.06. The van der Waals surface area contributed by atoms with E-state index in [1.807, 2.05) is 13.8 Å². The van der Waals surface area contributed by atoms with Gasteiger partial charge in [0.15, 0.2) is 11.5 Å². The molecule has 0 fully saturated rings. The van der Waals surface area contributed by atoms with Crippen molar-refractivity contribution in [3.8, 4) is 11.5 Å². The molecule has 0 radical (unpaired) electrons. The number of carbonyl (C=O) groups is 2. The number of hydrogen-bond donors (Lipinski definition) is 1. The van der Waals surface area contributed by atoms with Crippen molar-refractivity contribution in [2.45, 2.75) is 26.8 Å². The predicted molar refractivity (Wildman–Crippen MR) is 92.5 cm³/mol. The van der Waals surface area contributed by atoms with Crippen LogP contribution in [-0.2, 0) is 9.53 Å². The Balaban J connectivity index is 2.52. The van der Waals surface area contributed by atoms with Gasteiger partial charge in [0.05, 0.1) is 31.9 Å². The molecule has 25 heavy (non-hydrogen) atoms. The summed E-state index contributed by atoms with van der Waals surface area (Å²) in [4.78, 5) is 25.9. The maximum Gasteiger partial charge on any atom is 0.337 e. The molecule has 1 aromatic carbocycles. The van der Waals surface area contributed by atoms with Gasteiger partial charge in [0.1, 0.15) is 0 Å². The van der Waals surface area contributed by atoms with Gasteiger partial charge in [-0.3, -0.25) is 0 Å². The molecule has 0 aromatic heterocycles. The van der Waals surface area contributed by atoms with Gasteiger partial charge in [-0.2, -0.15) is 0 Å². The van der Waals surface area contributed by atoms with Crippen LogP contribution in [0.2, 0.25) is 0 Å².